The van der Waals surface area contributed by atoms with Gasteiger partial charge in [-0.05, 0) is 50.0 Å². The highest BCUT2D eigenvalue weighted by Crippen LogP contribution is 2.22. The standard InChI is InChI=1S/C13H19BrN2O2S.ClH/c1-9-3-4-11(14)7-13(9)19(17,18)16-12-5-6-15-8-10(12)2;/h3-4,7,10,12,15-16H,5-6,8H2,1-2H3;1H. The van der Waals surface area contributed by atoms with Crippen LogP contribution in [-0.4, -0.2) is 27.5 Å². The third-order valence-corrected chi connectivity index (χ3v) is 5.66. The molecule has 1 saturated heterocycles. The first-order chi connectivity index (χ1) is 8.90. The summed E-state index contributed by atoms with van der Waals surface area (Å²) in [5, 5.41) is 3.27. The highest BCUT2D eigenvalue weighted by Gasteiger charge is 2.27. The van der Waals surface area contributed by atoms with Gasteiger partial charge in [0.1, 0.15) is 0 Å². The van der Waals surface area contributed by atoms with Crippen molar-refractivity contribution < 1.29 is 8.42 Å². The summed E-state index contributed by atoms with van der Waals surface area (Å²) < 4.78 is 28.5. The number of aryl methyl sites for hydroxylation is 1. The number of halogens is 2. The molecular formula is C13H20BrClN2O2S. The number of piperidine rings is 1. The van der Waals surface area contributed by atoms with E-state index in [1.807, 2.05) is 19.1 Å². The van der Waals surface area contributed by atoms with Gasteiger partial charge >= 0.3 is 0 Å². The molecule has 0 aliphatic carbocycles. The van der Waals surface area contributed by atoms with Gasteiger partial charge in [-0.15, -0.1) is 12.4 Å². The van der Waals surface area contributed by atoms with Crippen LogP contribution >= 0.6 is 28.3 Å². The predicted molar refractivity (Wildman–Crippen MR) is 86.9 cm³/mol. The molecule has 20 heavy (non-hydrogen) atoms. The van der Waals surface area contributed by atoms with Gasteiger partial charge in [-0.3, -0.25) is 0 Å². The summed E-state index contributed by atoms with van der Waals surface area (Å²) in [5.74, 6) is 0.302. The third-order valence-electron chi connectivity index (χ3n) is 3.53. The van der Waals surface area contributed by atoms with Crippen LogP contribution in [0.2, 0.25) is 0 Å². The summed E-state index contributed by atoms with van der Waals surface area (Å²) in [6, 6.07) is 5.32. The molecule has 1 heterocycles. The summed E-state index contributed by atoms with van der Waals surface area (Å²) in [4.78, 5) is 0.354. The fraction of sp³-hybridized carbons (Fsp3) is 0.538. The highest BCUT2D eigenvalue weighted by atomic mass is 79.9. The van der Waals surface area contributed by atoms with Gasteiger partial charge in [-0.2, -0.15) is 0 Å². The van der Waals surface area contributed by atoms with E-state index in [0.717, 1.165) is 29.5 Å². The van der Waals surface area contributed by atoms with Gasteiger partial charge in [0.25, 0.3) is 0 Å². The summed E-state index contributed by atoms with van der Waals surface area (Å²) >= 11 is 3.32. The second-order valence-corrected chi connectivity index (χ2v) is 7.71. The zero-order chi connectivity index (χ0) is 14.0. The molecule has 0 bridgehead atoms. The zero-order valence-electron chi connectivity index (χ0n) is 11.5. The molecular weight excluding hydrogens is 364 g/mol. The molecule has 1 aliphatic rings. The van der Waals surface area contributed by atoms with Gasteiger partial charge in [0.05, 0.1) is 4.90 Å². The lowest BCUT2D eigenvalue weighted by Gasteiger charge is -2.30. The maximum atomic E-state index is 12.5. The smallest absolute Gasteiger partial charge is 0.241 e. The summed E-state index contributed by atoms with van der Waals surface area (Å²) in [7, 11) is -3.45. The van der Waals surface area contributed by atoms with Crippen molar-refractivity contribution >= 4 is 38.4 Å². The van der Waals surface area contributed by atoms with E-state index in [1.165, 1.54) is 0 Å². The molecule has 0 aromatic heterocycles. The molecule has 2 unspecified atom stereocenters. The minimum Gasteiger partial charge on any atom is -0.316 e. The van der Waals surface area contributed by atoms with E-state index in [0.29, 0.717) is 10.8 Å². The number of sulfonamides is 1. The van der Waals surface area contributed by atoms with Crippen LogP contribution in [-0.2, 0) is 10.0 Å². The normalized spacial score (nSPS) is 23.1. The Morgan fingerprint density at radius 3 is 2.75 bits per heavy atom. The van der Waals surface area contributed by atoms with Crippen LogP contribution in [0, 0.1) is 12.8 Å². The molecule has 4 nitrogen and oxygen atoms in total. The second kappa shape index (κ2) is 7.22. The van der Waals surface area contributed by atoms with Gasteiger partial charge in [0.15, 0.2) is 0 Å². The Labute approximate surface area is 135 Å². The van der Waals surface area contributed by atoms with Crippen molar-refractivity contribution in [3.05, 3.63) is 28.2 Å². The molecule has 0 spiro atoms. The van der Waals surface area contributed by atoms with Crippen LogP contribution in [0.3, 0.4) is 0 Å². The molecule has 2 N–H and O–H groups in total. The maximum absolute atomic E-state index is 12.5. The van der Waals surface area contributed by atoms with Gasteiger partial charge < -0.3 is 5.32 Å². The molecule has 114 valence electrons. The molecule has 7 heteroatoms. The minimum atomic E-state index is -3.45. The Morgan fingerprint density at radius 1 is 1.40 bits per heavy atom. The first kappa shape index (κ1) is 17.9. The van der Waals surface area contributed by atoms with Crippen LogP contribution in [0.25, 0.3) is 0 Å². The van der Waals surface area contributed by atoms with Crippen molar-refractivity contribution in [1.82, 2.24) is 10.0 Å². The quantitative estimate of drug-likeness (QED) is 0.843. The molecule has 1 aromatic rings. The molecule has 1 fully saturated rings. The van der Waals surface area contributed by atoms with Crippen molar-refractivity contribution in [3.63, 3.8) is 0 Å². The summed E-state index contributed by atoms with van der Waals surface area (Å²) in [6.07, 6.45) is 0.827. The molecule has 0 saturated carbocycles. The highest BCUT2D eigenvalue weighted by molar-refractivity contribution is 9.10. The monoisotopic (exact) mass is 382 g/mol. The average Bonchev–Trinajstić information content (AvgIpc) is 2.35. The third kappa shape index (κ3) is 4.18. The van der Waals surface area contributed by atoms with E-state index < -0.39 is 10.0 Å². The first-order valence-corrected chi connectivity index (χ1v) is 8.67. The topological polar surface area (TPSA) is 58.2 Å². The number of benzene rings is 1. The van der Waals surface area contributed by atoms with Gasteiger partial charge in [0.2, 0.25) is 10.0 Å². The van der Waals surface area contributed by atoms with Crippen molar-refractivity contribution in [2.45, 2.75) is 31.2 Å². The SMILES string of the molecule is Cc1ccc(Br)cc1S(=O)(=O)NC1CCNCC1C.Cl. The van der Waals surface area contributed by atoms with Crippen molar-refractivity contribution in [3.8, 4) is 0 Å². The van der Waals surface area contributed by atoms with E-state index >= 15 is 0 Å². The number of hydrogen-bond acceptors (Lipinski definition) is 3. The molecule has 1 aliphatic heterocycles. The fourth-order valence-corrected chi connectivity index (χ4v) is 4.48. The first-order valence-electron chi connectivity index (χ1n) is 6.39. The molecule has 2 atom stereocenters. The average molecular weight is 384 g/mol. The van der Waals surface area contributed by atoms with Gasteiger partial charge in [-0.25, -0.2) is 13.1 Å². The van der Waals surface area contributed by atoms with Crippen LogP contribution in [0.15, 0.2) is 27.6 Å². The molecule has 0 radical (unpaired) electrons. The van der Waals surface area contributed by atoms with Crippen molar-refractivity contribution in [2.24, 2.45) is 5.92 Å². The molecule has 1 aromatic carbocycles. The van der Waals surface area contributed by atoms with E-state index in [4.69, 9.17) is 0 Å². The van der Waals surface area contributed by atoms with Crippen LogP contribution in [0.4, 0.5) is 0 Å². The van der Waals surface area contributed by atoms with Crippen LogP contribution in [0.1, 0.15) is 18.9 Å². The zero-order valence-corrected chi connectivity index (χ0v) is 14.7. The van der Waals surface area contributed by atoms with Gasteiger partial charge in [-0.1, -0.05) is 28.9 Å². The van der Waals surface area contributed by atoms with Crippen molar-refractivity contribution in [1.29, 1.82) is 0 Å². The largest absolute Gasteiger partial charge is 0.316 e. The van der Waals surface area contributed by atoms with Crippen molar-refractivity contribution in [2.75, 3.05) is 13.1 Å². The lowest BCUT2D eigenvalue weighted by molar-refractivity contribution is 0.328. The summed E-state index contributed by atoms with van der Waals surface area (Å²) in [5.41, 5.74) is 0.761. The Morgan fingerprint density at radius 2 is 2.10 bits per heavy atom. The lowest BCUT2D eigenvalue weighted by Crippen LogP contribution is -2.48. The molecule has 2 rings (SSSR count). The molecule has 0 amide bonds. The fourth-order valence-electron chi connectivity index (χ4n) is 2.32. The predicted octanol–water partition coefficient (Wildman–Crippen LogP) is 2.46. The Hall–Kier alpha value is -0.140. The van der Waals surface area contributed by atoms with Crippen LogP contribution in [0.5, 0.6) is 0 Å². The Bertz CT molecular complexity index is 565. The van der Waals surface area contributed by atoms with E-state index in [-0.39, 0.29) is 18.4 Å². The van der Waals surface area contributed by atoms with E-state index in [2.05, 4.69) is 32.9 Å². The number of nitrogens with one attached hydrogen (secondary N) is 2. The maximum Gasteiger partial charge on any atom is 0.241 e. The van der Waals surface area contributed by atoms with Crippen LogP contribution < -0.4 is 10.0 Å². The Balaban J connectivity index is 0.00000200. The van der Waals surface area contributed by atoms with Gasteiger partial charge in [0, 0.05) is 10.5 Å². The number of hydrogen-bond donors (Lipinski definition) is 2. The lowest BCUT2D eigenvalue weighted by atomic mass is 9.97. The van der Waals surface area contributed by atoms with E-state index in [9.17, 15) is 8.42 Å². The second-order valence-electron chi connectivity index (χ2n) is 5.11. The number of rotatable bonds is 3. The summed E-state index contributed by atoms with van der Waals surface area (Å²) in [6.45, 7) is 5.58. The Kier molecular flexibility index (Phi) is 6.47. The minimum absolute atomic E-state index is 0. The van der Waals surface area contributed by atoms with E-state index in [1.54, 1.807) is 6.07 Å².